The van der Waals surface area contributed by atoms with Crippen LogP contribution in [0.25, 0.3) is 10.2 Å². The van der Waals surface area contributed by atoms with Crippen molar-refractivity contribution in [2.24, 2.45) is 0 Å². The van der Waals surface area contributed by atoms with Crippen molar-refractivity contribution in [3.63, 3.8) is 0 Å². The molecule has 0 atom stereocenters. The van der Waals surface area contributed by atoms with Gasteiger partial charge in [-0.3, -0.25) is 14.5 Å². The lowest BCUT2D eigenvalue weighted by molar-refractivity contribution is 0.0981. The molecule has 0 spiro atoms. The summed E-state index contributed by atoms with van der Waals surface area (Å²) in [6.07, 6.45) is 0. The van der Waals surface area contributed by atoms with Gasteiger partial charge in [0.15, 0.2) is 10.9 Å². The number of anilines is 1. The summed E-state index contributed by atoms with van der Waals surface area (Å²) >= 11 is 7.71. The third-order valence-corrected chi connectivity index (χ3v) is 5.90. The molecule has 3 aromatic carbocycles. The van der Waals surface area contributed by atoms with E-state index < -0.39 is 0 Å². The van der Waals surface area contributed by atoms with E-state index in [4.69, 9.17) is 11.6 Å². The first-order valence-electron chi connectivity index (χ1n) is 9.05. The van der Waals surface area contributed by atoms with E-state index in [1.165, 1.54) is 18.3 Å². The highest BCUT2D eigenvalue weighted by atomic mass is 35.5. The molecule has 0 bridgehead atoms. The van der Waals surface area contributed by atoms with Gasteiger partial charge in [-0.1, -0.05) is 71.5 Å². The highest BCUT2D eigenvalue weighted by Crippen LogP contribution is 2.34. The Morgan fingerprint density at radius 1 is 0.931 bits per heavy atom. The van der Waals surface area contributed by atoms with Gasteiger partial charge in [-0.25, -0.2) is 4.98 Å². The number of hydrogen-bond donors (Lipinski definition) is 0. The number of carbonyl (C=O) groups is 2. The van der Waals surface area contributed by atoms with E-state index in [-0.39, 0.29) is 11.7 Å². The number of fused-ring (bicyclic) bond motifs is 1. The number of carbonyl (C=O) groups excluding carboxylic acids is 2. The van der Waals surface area contributed by atoms with Gasteiger partial charge in [-0.2, -0.15) is 0 Å². The number of ketones is 1. The van der Waals surface area contributed by atoms with Crippen molar-refractivity contribution in [1.82, 2.24) is 4.98 Å². The molecule has 0 aliphatic heterocycles. The fraction of sp³-hybridized carbons (Fsp3) is 0.0870. The molecule has 4 aromatic rings. The van der Waals surface area contributed by atoms with E-state index in [1.54, 1.807) is 35.2 Å². The van der Waals surface area contributed by atoms with Gasteiger partial charge in [-0.05, 0) is 36.8 Å². The standard InChI is InChI=1S/C23H17ClN2O2S/c1-15(27)17-10-12-18(13-11-17)22(28)26(14-16-6-3-2-4-7-16)23-25-21-19(24)8-5-9-20(21)29-23/h2-13H,14H2,1H3. The maximum atomic E-state index is 13.4. The molecule has 0 fully saturated rings. The summed E-state index contributed by atoms with van der Waals surface area (Å²) in [6.45, 7) is 1.88. The van der Waals surface area contributed by atoms with Gasteiger partial charge >= 0.3 is 0 Å². The smallest absolute Gasteiger partial charge is 0.260 e. The molecule has 0 aliphatic rings. The summed E-state index contributed by atoms with van der Waals surface area (Å²) in [7, 11) is 0. The molecular formula is C23H17ClN2O2S. The molecule has 29 heavy (non-hydrogen) atoms. The van der Waals surface area contributed by atoms with E-state index in [2.05, 4.69) is 4.98 Å². The van der Waals surface area contributed by atoms with Gasteiger partial charge in [0.25, 0.3) is 5.91 Å². The average molecular weight is 421 g/mol. The summed E-state index contributed by atoms with van der Waals surface area (Å²) in [6, 6.07) is 22.1. The molecule has 0 saturated carbocycles. The van der Waals surface area contributed by atoms with Gasteiger partial charge in [0.2, 0.25) is 0 Å². The number of hydrogen-bond acceptors (Lipinski definition) is 4. The third-order valence-electron chi connectivity index (χ3n) is 4.56. The van der Waals surface area contributed by atoms with Gasteiger partial charge in [0, 0.05) is 11.1 Å². The molecule has 4 rings (SSSR count). The summed E-state index contributed by atoms with van der Waals surface area (Å²) in [5.74, 6) is -0.218. The van der Waals surface area contributed by atoms with Crippen LogP contribution in [0, 0.1) is 0 Å². The first-order chi connectivity index (χ1) is 14.0. The van der Waals surface area contributed by atoms with Crippen LogP contribution >= 0.6 is 22.9 Å². The van der Waals surface area contributed by atoms with Crippen molar-refractivity contribution in [3.05, 3.63) is 94.5 Å². The van der Waals surface area contributed by atoms with E-state index in [0.717, 1.165) is 10.3 Å². The normalized spacial score (nSPS) is 10.8. The molecular weight excluding hydrogens is 404 g/mol. The number of para-hydroxylation sites is 1. The fourth-order valence-electron chi connectivity index (χ4n) is 3.01. The van der Waals surface area contributed by atoms with E-state index >= 15 is 0 Å². The van der Waals surface area contributed by atoms with E-state index in [0.29, 0.717) is 33.3 Å². The lowest BCUT2D eigenvalue weighted by atomic mass is 10.1. The van der Waals surface area contributed by atoms with E-state index in [9.17, 15) is 9.59 Å². The number of benzene rings is 3. The average Bonchev–Trinajstić information content (AvgIpc) is 3.18. The van der Waals surface area contributed by atoms with Crippen LogP contribution in [-0.4, -0.2) is 16.7 Å². The molecule has 1 amide bonds. The van der Waals surface area contributed by atoms with Gasteiger partial charge in [0.1, 0.15) is 5.52 Å². The zero-order chi connectivity index (χ0) is 20.4. The molecule has 6 heteroatoms. The molecule has 1 aromatic heterocycles. The maximum absolute atomic E-state index is 13.4. The first kappa shape index (κ1) is 19.3. The summed E-state index contributed by atoms with van der Waals surface area (Å²) < 4.78 is 0.922. The number of nitrogens with zero attached hydrogens (tertiary/aromatic N) is 2. The number of thiazole rings is 1. The van der Waals surface area contributed by atoms with Crippen LogP contribution in [-0.2, 0) is 6.54 Å². The van der Waals surface area contributed by atoms with Gasteiger partial charge in [0.05, 0.1) is 16.3 Å². The largest absolute Gasteiger partial charge is 0.295 e. The topological polar surface area (TPSA) is 50.3 Å². The zero-order valence-corrected chi connectivity index (χ0v) is 17.2. The molecule has 0 aliphatic carbocycles. The monoisotopic (exact) mass is 420 g/mol. The highest BCUT2D eigenvalue weighted by molar-refractivity contribution is 7.22. The highest BCUT2D eigenvalue weighted by Gasteiger charge is 2.22. The van der Waals surface area contributed by atoms with Crippen molar-refractivity contribution in [3.8, 4) is 0 Å². The summed E-state index contributed by atoms with van der Waals surface area (Å²) in [5.41, 5.74) is 2.75. The molecule has 0 unspecified atom stereocenters. The molecule has 0 radical (unpaired) electrons. The first-order valence-corrected chi connectivity index (χ1v) is 10.2. The maximum Gasteiger partial charge on any atom is 0.260 e. The second kappa shape index (κ2) is 8.15. The van der Waals surface area contributed by atoms with Crippen molar-refractivity contribution in [2.45, 2.75) is 13.5 Å². The van der Waals surface area contributed by atoms with Crippen LogP contribution < -0.4 is 4.90 Å². The minimum Gasteiger partial charge on any atom is -0.295 e. The number of rotatable bonds is 5. The lowest BCUT2D eigenvalue weighted by Crippen LogP contribution is -2.30. The number of amides is 1. The second-order valence-electron chi connectivity index (χ2n) is 6.59. The third kappa shape index (κ3) is 4.06. The number of aromatic nitrogens is 1. The van der Waals surface area contributed by atoms with Gasteiger partial charge in [-0.15, -0.1) is 0 Å². The molecule has 0 N–H and O–H groups in total. The Balaban J connectivity index is 1.75. The van der Waals surface area contributed by atoms with Crippen LogP contribution in [0.1, 0.15) is 33.2 Å². The molecule has 1 heterocycles. The van der Waals surface area contributed by atoms with Crippen LogP contribution in [0.4, 0.5) is 5.13 Å². The van der Waals surface area contributed by atoms with Crippen LogP contribution in [0.3, 0.4) is 0 Å². The Morgan fingerprint density at radius 2 is 1.62 bits per heavy atom. The van der Waals surface area contributed by atoms with Crippen molar-refractivity contribution in [1.29, 1.82) is 0 Å². The lowest BCUT2D eigenvalue weighted by Gasteiger charge is -2.20. The van der Waals surface area contributed by atoms with Crippen LogP contribution in [0.2, 0.25) is 5.02 Å². The van der Waals surface area contributed by atoms with E-state index in [1.807, 2.05) is 42.5 Å². The number of halogens is 1. The zero-order valence-electron chi connectivity index (χ0n) is 15.6. The molecule has 0 saturated heterocycles. The van der Waals surface area contributed by atoms with Gasteiger partial charge < -0.3 is 0 Å². The van der Waals surface area contributed by atoms with Crippen molar-refractivity contribution in [2.75, 3.05) is 4.90 Å². The predicted octanol–water partition coefficient (Wildman–Crippen LogP) is 6.00. The second-order valence-corrected chi connectivity index (χ2v) is 8.01. The minimum atomic E-state index is -0.181. The van der Waals surface area contributed by atoms with Crippen molar-refractivity contribution < 1.29 is 9.59 Å². The Bertz CT molecular complexity index is 1190. The van der Waals surface area contributed by atoms with Crippen LogP contribution in [0.5, 0.6) is 0 Å². The quantitative estimate of drug-likeness (QED) is 0.372. The fourth-order valence-corrected chi connectivity index (χ4v) is 4.28. The molecule has 4 nitrogen and oxygen atoms in total. The Morgan fingerprint density at radius 3 is 2.28 bits per heavy atom. The SMILES string of the molecule is CC(=O)c1ccc(C(=O)N(Cc2ccccc2)c2nc3c(Cl)cccc3s2)cc1. The minimum absolute atomic E-state index is 0.0362. The van der Waals surface area contributed by atoms with Crippen LogP contribution in [0.15, 0.2) is 72.8 Å². The predicted molar refractivity (Wildman–Crippen MR) is 118 cm³/mol. The van der Waals surface area contributed by atoms with Crippen molar-refractivity contribution >= 4 is 50.0 Å². The Hall–Kier alpha value is -3.02. The Labute approximate surface area is 177 Å². The number of Topliss-reactive ketones (excluding diaryl/α,β-unsaturated/α-hetero) is 1. The summed E-state index contributed by atoms with van der Waals surface area (Å²) in [5, 5.41) is 1.14. The molecule has 144 valence electrons. The summed E-state index contributed by atoms with van der Waals surface area (Å²) in [4.78, 5) is 31.2. The Kier molecular flexibility index (Phi) is 5.43.